The van der Waals surface area contributed by atoms with Crippen LogP contribution in [0.15, 0.2) is 0 Å². The molecule has 0 heterocycles. The van der Waals surface area contributed by atoms with Gasteiger partial charge in [0.25, 0.3) is 0 Å². The number of alkyl halides is 6. The van der Waals surface area contributed by atoms with Crippen molar-refractivity contribution < 1.29 is 54.9 Å². The zero-order chi connectivity index (χ0) is 23.8. The largest absolute Gasteiger partial charge is 0.462 e. The van der Waals surface area contributed by atoms with E-state index in [-0.39, 0.29) is 18.3 Å². The minimum atomic E-state index is -6.41. The Kier molecular flexibility index (Phi) is 6.92. The molecule has 0 amide bonds. The lowest BCUT2D eigenvalue weighted by Gasteiger charge is -2.31. The van der Waals surface area contributed by atoms with Crippen LogP contribution in [0.4, 0.5) is 26.3 Å². The van der Waals surface area contributed by atoms with Crippen molar-refractivity contribution in [2.75, 3.05) is 13.2 Å². The van der Waals surface area contributed by atoms with Crippen LogP contribution in [-0.2, 0) is 28.6 Å². The van der Waals surface area contributed by atoms with Crippen LogP contribution in [-0.4, -0.2) is 55.0 Å². The molecule has 2 fully saturated rings. The Morgan fingerprint density at radius 2 is 1.29 bits per heavy atom. The van der Waals surface area contributed by atoms with E-state index in [1.54, 1.807) is 0 Å². The van der Waals surface area contributed by atoms with E-state index in [2.05, 4.69) is 14.2 Å². The average Bonchev–Trinajstić information content (AvgIpc) is 3.26. The zero-order valence-corrected chi connectivity index (χ0v) is 17.2. The molecule has 6 nitrogen and oxygen atoms in total. The first-order chi connectivity index (χ1) is 14.0. The van der Waals surface area contributed by atoms with Gasteiger partial charge in [0.15, 0.2) is 0 Å². The minimum absolute atomic E-state index is 0.112. The van der Waals surface area contributed by atoms with Gasteiger partial charge in [-0.05, 0) is 58.3 Å². The van der Waals surface area contributed by atoms with Crippen LogP contribution >= 0.6 is 0 Å². The quantitative estimate of drug-likeness (QED) is 0.237. The number of hydrogen-bond donors (Lipinski definition) is 0. The predicted octanol–water partition coefficient (Wildman–Crippen LogP) is 3.76. The molecule has 31 heavy (non-hydrogen) atoms. The highest BCUT2D eigenvalue weighted by Gasteiger charge is 2.79. The highest BCUT2D eigenvalue weighted by atomic mass is 19.3. The van der Waals surface area contributed by atoms with Crippen molar-refractivity contribution in [3.05, 3.63) is 0 Å². The first kappa shape index (κ1) is 25.3. The predicted molar refractivity (Wildman–Crippen MR) is 91.5 cm³/mol. The standard InChI is InChI=1S/C19H24F6O6/c1-16(2,3)13(26)29-6-7-30-14(27)17(20,21)19(24,25)18(22,23)15(28)31-12-9-10-4-5-11(12)8-10/h10-12H,4-9H2,1-3H3. The first-order valence-electron chi connectivity index (χ1n) is 9.70. The maximum atomic E-state index is 14.0. The number of ether oxygens (including phenoxy) is 3. The molecule has 2 saturated carbocycles. The van der Waals surface area contributed by atoms with E-state index in [0.29, 0.717) is 12.8 Å². The van der Waals surface area contributed by atoms with E-state index >= 15 is 0 Å². The Morgan fingerprint density at radius 3 is 1.74 bits per heavy atom. The van der Waals surface area contributed by atoms with Gasteiger partial charge in [0.05, 0.1) is 5.41 Å². The maximum absolute atomic E-state index is 14.0. The molecule has 12 heteroatoms. The number of rotatable bonds is 8. The molecule has 0 aromatic carbocycles. The Balaban J connectivity index is 1.97. The van der Waals surface area contributed by atoms with Gasteiger partial charge in [-0.2, -0.15) is 26.3 Å². The van der Waals surface area contributed by atoms with E-state index in [0.717, 1.165) is 6.42 Å². The first-order valence-corrected chi connectivity index (χ1v) is 9.70. The number of fused-ring (bicyclic) bond motifs is 2. The maximum Gasteiger partial charge on any atom is 0.411 e. The SMILES string of the molecule is CC(C)(C)C(=O)OCCOC(=O)C(F)(F)C(F)(F)C(F)(F)C(=O)OC1CC2CCC1C2. The van der Waals surface area contributed by atoms with Crippen molar-refractivity contribution >= 4 is 17.9 Å². The van der Waals surface area contributed by atoms with Gasteiger partial charge in [-0.3, -0.25) is 4.79 Å². The Morgan fingerprint density at radius 1 is 0.774 bits per heavy atom. The summed E-state index contributed by atoms with van der Waals surface area (Å²) >= 11 is 0. The molecular formula is C19H24F6O6. The van der Waals surface area contributed by atoms with Gasteiger partial charge in [-0.15, -0.1) is 0 Å². The lowest BCUT2D eigenvalue weighted by atomic mass is 9.97. The molecule has 0 saturated heterocycles. The second-order valence-corrected chi connectivity index (χ2v) is 8.86. The van der Waals surface area contributed by atoms with E-state index in [9.17, 15) is 40.7 Å². The fourth-order valence-corrected chi connectivity index (χ4v) is 3.57. The summed E-state index contributed by atoms with van der Waals surface area (Å²) in [7, 11) is 0. The van der Waals surface area contributed by atoms with Gasteiger partial charge >= 0.3 is 35.7 Å². The van der Waals surface area contributed by atoms with Gasteiger partial charge < -0.3 is 14.2 Å². The fraction of sp³-hybridized carbons (Fsp3) is 0.842. The van der Waals surface area contributed by atoms with Crippen molar-refractivity contribution in [2.45, 2.75) is 70.3 Å². The fourth-order valence-electron chi connectivity index (χ4n) is 3.57. The third-order valence-corrected chi connectivity index (χ3v) is 5.40. The average molecular weight is 462 g/mol. The molecule has 3 unspecified atom stereocenters. The van der Waals surface area contributed by atoms with E-state index in [1.165, 1.54) is 20.8 Å². The van der Waals surface area contributed by atoms with Crippen molar-refractivity contribution in [3.8, 4) is 0 Å². The molecule has 2 rings (SSSR count). The van der Waals surface area contributed by atoms with Gasteiger partial charge in [0, 0.05) is 0 Å². The van der Waals surface area contributed by atoms with E-state index in [4.69, 9.17) is 0 Å². The zero-order valence-electron chi connectivity index (χ0n) is 17.2. The van der Waals surface area contributed by atoms with Crippen LogP contribution in [0.25, 0.3) is 0 Å². The highest BCUT2D eigenvalue weighted by Crippen LogP contribution is 2.49. The summed E-state index contributed by atoms with van der Waals surface area (Å²) in [6, 6.07) is 0. The van der Waals surface area contributed by atoms with Crippen molar-refractivity contribution in [2.24, 2.45) is 17.3 Å². The van der Waals surface area contributed by atoms with Gasteiger partial charge in [-0.1, -0.05) is 0 Å². The molecule has 0 aromatic heterocycles. The molecule has 2 aliphatic carbocycles. The number of carbonyl (C=O) groups excluding carboxylic acids is 3. The van der Waals surface area contributed by atoms with Crippen molar-refractivity contribution in [1.82, 2.24) is 0 Å². The summed E-state index contributed by atoms with van der Waals surface area (Å²) in [5.74, 6) is -25.2. The Bertz CT molecular complexity index is 717. The third-order valence-electron chi connectivity index (χ3n) is 5.40. The summed E-state index contributed by atoms with van der Waals surface area (Å²) < 4.78 is 96.5. The van der Waals surface area contributed by atoms with E-state index in [1.807, 2.05) is 0 Å². The lowest BCUT2D eigenvalue weighted by molar-refractivity contribution is -0.302. The van der Waals surface area contributed by atoms with Crippen LogP contribution in [0, 0.1) is 17.3 Å². The van der Waals surface area contributed by atoms with Crippen LogP contribution in [0.5, 0.6) is 0 Å². The topological polar surface area (TPSA) is 78.9 Å². The minimum Gasteiger partial charge on any atom is -0.462 e. The summed E-state index contributed by atoms with van der Waals surface area (Å²) in [6.07, 6.45) is 1.09. The molecule has 0 aliphatic heterocycles. The number of hydrogen-bond acceptors (Lipinski definition) is 6. The summed E-state index contributed by atoms with van der Waals surface area (Å²) in [5.41, 5.74) is -0.970. The molecule has 0 spiro atoms. The Labute approximate surface area is 174 Å². The molecule has 2 aliphatic rings. The summed E-state index contributed by atoms with van der Waals surface area (Å²) in [5, 5.41) is 0. The van der Waals surface area contributed by atoms with Crippen LogP contribution in [0.3, 0.4) is 0 Å². The van der Waals surface area contributed by atoms with Crippen LogP contribution in [0.2, 0.25) is 0 Å². The van der Waals surface area contributed by atoms with Crippen molar-refractivity contribution in [1.29, 1.82) is 0 Å². The summed E-state index contributed by atoms with van der Waals surface area (Å²) in [4.78, 5) is 34.5. The third kappa shape index (κ3) is 4.92. The molecule has 178 valence electrons. The number of halogens is 6. The number of esters is 3. The molecule has 0 N–H and O–H groups in total. The van der Waals surface area contributed by atoms with Crippen LogP contribution in [0.1, 0.15) is 46.5 Å². The Hall–Kier alpha value is -2.01. The van der Waals surface area contributed by atoms with Gasteiger partial charge in [0.1, 0.15) is 19.3 Å². The normalized spacial score (nSPS) is 24.1. The second-order valence-electron chi connectivity index (χ2n) is 8.86. The highest BCUT2D eigenvalue weighted by molar-refractivity contribution is 5.84. The summed E-state index contributed by atoms with van der Waals surface area (Å²) in [6.45, 7) is 2.56. The van der Waals surface area contributed by atoms with Crippen molar-refractivity contribution in [3.63, 3.8) is 0 Å². The van der Waals surface area contributed by atoms with Gasteiger partial charge in [-0.25, -0.2) is 9.59 Å². The molecule has 0 radical (unpaired) electrons. The number of carbonyl (C=O) groups is 3. The second kappa shape index (κ2) is 8.50. The molecule has 0 aromatic rings. The molecular weight excluding hydrogens is 438 g/mol. The van der Waals surface area contributed by atoms with E-state index < -0.39 is 60.4 Å². The smallest absolute Gasteiger partial charge is 0.411 e. The lowest BCUT2D eigenvalue weighted by Crippen LogP contribution is -2.62. The van der Waals surface area contributed by atoms with Gasteiger partial charge in [0.2, 0.25) is 0 Å². The molecule has 2 bridgehead atoms. The molecule has 3 atom stereocenters. The monoisotopic (exact) mass is 462 g/mol. The van der Waals surface area contributed by atoms with Crippen LogP contribution < -0.4 is 0 Å².